The van der Waals surface area contributed by atoms with Crippen molar-refractivity contribution in [2.45, 2.75) is 25.7 Å². The number of hydrogen-bond donors (Lipinski definition) is 0. The van der Waals surface area contributed by atoms with Crippen molar-refractivity contribution in [3.8, 4) is 11.1 Å². The van der Waals surface area contributed by atoms with E-state index < -0.39 is 0 Å². The molecule has 0 unspecified atom stereocenters. The van der Waals surface area contributed by atoms with Crippen molar-refractivity contribution in [1.82, 2.24) is 0 Å². The molecule has 0 atom stereocenters. The SMILES string of the molecule is CCC1(C)c2ccccc2-c2ccccc21. The van der Waals surface area contributed by atoms with Crippen LogP contribution in [0.1, 0.15) is 31.4 Å². The minimum absolute atomic E-state index is 0.202. The summed E-state index contributed by atoms with van der Waals surface area (Å²) in [7, 11) is 0. The monoisotopic (exact) mass is 208 g/mol. The predicted octanol–water partition coefficient (Wildman–Crippen LogP) is 4.38. The first-order chi connectivity index (χ1) is 7.77. The Kier molecular flexibility index (Phi) is 1.94. The van der Waals surface area contributed by atoms with E-state index in [-0.39, 0.29) is 5.41 Å². The summed E-state index contributed by atoms with van der Waals surface area (Å²) in [5.41, 5.74) is 6.01. The molecule has 0 heteroatoms. The van der Waals surface area contributed by atoms with E-state index in [1.807, 2.05) is 0 Å². The third-order valence-corrected chi connectivity index (χ3v) is 4.04. The van der Waals surface area contributed by atoms with E-state index in [4.69, 9.17) is 0 Å². The average molecular weight is 208 g/mol. The van der Waals surface area contributed by atoms with Crippen LogP contribution in [0.4, 0.5) is 0 Å². The summed E-state index contributed by atoms with van der Waals surface area (Å²) >= 11 is 0. The van der Waals surface area contributed by atoms with E-state index in [9.17, 15) is 0 Å². The van der Waals surface area contributed by atoms with Gasteiger partial charge in [0.25, 0.3) is 0 Å². The van der Waals surface area contributed by atoms with Gasteiger partial charge in [-0.2, -0.15) is 0 Å². The van der Waals surface area contributed by atoms with Crippen LogP contribution in [0.5, 0.6) is 0 Å². The second kappa shape index (κ2) is 3.21. The summed E-state index contributed by atoms with van der Waals surface area (Å²) in [6.07, 6.45) is 1.15. The lowest BCUT2D eigenvalue weighted by Crippen LogP contribution is -2.18. The van der Waals surface area contributed by atoms with Gasteiger partial charge in [-0.3, -0.25) is 0 Å². The fourth-order valence-electron chi connectivity index (χ4n) is 2.92. The third-order valence-electron chi connectivity index (χ3n) is 4.04. The van der Waals surface area contributed by atoms with Gasteiger partial charge in [0.2, 0.25) is 0 Å². The maximum absolute atomic E-state index is 2.36. The van der Waals surface area contributed by atoms with Crippen LogP contribution < -0.4 is 0 Å². The molecule has 1 aliphatic carbocycles. The van der Waals surface area contributed by atoms with Crippen molar-refractivity contribution in [3.05, 3.63) is 59.7 Å². The Bertz CT molecular complexity index is 492. The normalized spacial score (nSPS) is 15.6. The number of fused-ring (bicyclic) bond motifs is 3. The van der Waals surface area contributed by atoms with Crippen molar-refractivity contribution >= 4 is 0 Å². The Morgan fingerprint density at radius 2 is 1.25 bits per heavy atom. The highest BCUT2D eigenvalue weighted by atomic mass is 14.4. The zero-order valence-corrected chi connectivity index (χ0v) is 9.83. The Labute approximate surface area is 96.9 Å². The van der Waals surface area contributed by atoms with Gasteiger partial charge in [0.15, 0.2) is 0 Å². The molecule has 3 rings (SSSR count). The molecular formula is C16H16. The van der Waals surface area contributed by atoms with Crippen molar-refractivity contribution < 1.29 is 0 Å². The molecule has 0 spiro atoms. The molecule has 0 fully saturated rings. The molecule has 0 amide bonds. The van der Waals surface area contributed by atoms with Gasteiger partial charge >= 0.3 is 0 Å². The Hall–Kier alpha value is -1.56. The van der Waals surface area contributed by atoms with Gasteiger partial charge in [0, 0.05) is 5.41 Å². The summed E-state index contributed by atoms with van der Waals surface area (Å²) in [5, 5.41) is 0. The first-order valence-electron chi connectivity index (χ1n) is 5.97. The topological polar surface area (TPSA) is 0 Å². The zero-order chi connectivity index (χ0) is 11.2. The molecular weight excluding hydrogens is 192 g/mol. The van der Waals surface area contributed by atoms with Gasteiger partial charge in [-0.25, -0.2) is 0 Å². The molecule has 2 aromatic rings. The van der Waals surface area contributed by atoms with Crippen LogP contribution in [0.2, 0.25) is 0 Å². The maximum Gasteiger partial charge on any atom is 0.0184 e. The van der Waals surface area contributed by atoms with Gasteiger partial charge in [-0.15, -0.1) is 0 Å². The van der Waals surface area contributed by atoms with Gasteiger partial charge in [0.05, 0.1) is 0 Å². The molecule has 0 aliphatic heterocycles. The quantitative estimate of drug-likeness (QED) is 0.652. The molecule has 1 aliphatic rings. The van der Waals surface area contributed by atoms with Gasteiger partial charge in [-0.05, 0) is 28.7 Å². The average Bonchev–Trinajstić information content (AvgIpc) is 2.62. The van der Waals surface area contributed by atoms with E-state index in [0.717, 1.165) is 6.42 Å². The lowest BCUT2D eigenvalue weighted by Gasteiger charge is -2.25. The molecule has 0 heterocycles. The van der Waals surface area contributed by atoms with Crippen LogP contribution in [-0.4, -0.2) is 0 Å². The van der Waals surface area contributed by atoms with E-state index in [1.165, 1.54) is 22.3 Å². The summed E-state index contributed by atoms with van der Waals surface area (Å²) in [4.78, 5) is 0. The Morgan fingerprint density at radius 3 is 1.69 bits per heavy atom. The van der Waals surface area contributed by atoms with E-state index >= 15 is 0 Å². The minimum atomic E-state index is 0.202. The highest BCUT2D eigenvalue weighted by Gasteiger charge is 2.36. The van der Waals surface area contributed by atoms with Gasteiger partial charge in [0.1, 0.15) is 0 Å². The Morgan fingerprint density at radius 1 is 0.812 bits per heavy atom. The van der Waals surface area contributed by atoms with E-state index in [0.29, 0.717) is 0 Å². The Balaban J connectivity index is 2.39. The van der Waals surface area contributed by atoms with Crippen LogP contribution in [0, 0.1) is 0 Å². The second-order valence-corrected chi connectivity index (χ2v) is 4.78. The molecule has 0 N–H and O–H groups in total. The molecule has 0 nitrogen and oxygen atoms in total. The first-order valence-corrected chi connectivity index (χ1v) is 5.97. The predicted molar refractivity (Wildman–Crippen MR) is 68.6 cm³/mol. The highest BCUT2D eigenvalue weighted by Crippen LogP contribution is 2.49. The second-order valence-electron chi connectivity index (χ2n) is 4.78. The third kappa shape index (κ3) is 1.05. The summed E-state index contributed by atoms with van der Waals surface area (Å²) in [6, 6.07) is 17.6. The number of benzene rings is 2. The zero-order valence-electron chi connectivity index (χ0n) is 9.83. The van der Waals surface area contributed by atoms with Crippen molar-refractivity contribution in [2.75, 3.05) is 0 Å². The van der Waals surface area contributed by atoms with Gasteiger partial charge < -0.3 is 0 Å². The molecule has 0 saturated carbocycles. The number of rotatable bonds is 1. The molecule has 16 heavy (non-hydrogen) atoms. The molecule has 80 valence electrons. The molecule has 0 bridgehead atoms. The fraction of sp³-hybridized carbons (Fsp3) is 0.250. The van der Waals surface area contributed by atoms with Crippen LogP contribution >= 0.6 is 0 Å². The molecule has 0 saturated heterocycles. The van der Waals surface area contributed by atoms with Gasteiger partial charge in [-0.1, -0.05) is 62.4 Å². The van der Waals surface area contributed by atoms with Crippen molar-refractivity contribution in [3.63, 3.8) is 0 Å². The standard InChI is InChI=1S/C16H16/c1-3-16(2)14-10-6-4-8-12(14)13-9-5-7-11-15(13)16/h4-11H,3H2,1-2H3. The lowest BCUT2D eigenvalue weighted by atomic mass is 9.78. The lowest BCUT2D eigenvalue weighted by molar-refractivity contribution is 0.564. The fourth-order valence-corrected chi connectivity index (χ4v) is 2.92. The molecule has 2 aromatic carbocycles. The minimum Gasteiger partial charge on any atom is -0.0642 e. The molecule has 0 radical (unpaired) electrons. The maximum atomic E-state index is 2.36. The van der Waals surface area contributed by atoms with E-state index in [2.05, 4.69) is 62.4 Å². The largest absolute Gasteiger partial charge is 0.0642 e. The van der Waals surface area contributed by atoms with Crippen molar-refractivity contribution in [1.29, 1.82) is 0 Å². The smallest absolute Gasteiger partial charge is 0.0184 e. The van der Waals surface area contributed by atoms with Crippen LogP contribution in [0.25, 0.3) is 11.1 Å². The van der Waals surface area contributed by atoms with E-state index in [1.54, 1.807) is 0 Å². The number of hydrogen-bond acceptors (Lipinski definition) is 0. The van der Waals surface area contributed by atoms with Crippen LogP contribution in [0.15, 0.2) is 48.5 Å². The van der Waals surface area contributed by atoms with Crippen LogP contribution in [0.3, 0.4) is 0 Å². The van der Waals surface area contributed by atoms with Crippen molar-refractivity contribution in [2.24, 2.45) is 0 Å². The summed E-state index contributed by atoms with van der Waals surface area (Å²) < 4.78 is 0. The molecule has 0 aromatic heterocycles. The highest BCUT2D eigenvalue weighted by molar-refractivity contribution is 5.80. The summed E-state index contributed by atoms with van der Waals surface area (Å²) in [5.74, 6) is 0. The van der Waals surface area contributed by atoms with Crippen LogP contribution in [-0.2, 0) is 5.41 Å². The summed E-state index contributed by atoms with van der Waals surface area (Å²) in [6.45, 7) is 4.64. The first kappa shape index (κ1) is 9.65.